The Labute approximate surface area is 106 Å². The maximum Gasteiger partial charge on any atom is 0.313 e. The summed E-state index contributed by atoms with van der Waals surface area (Å²) >= 11 is 1.23. The van der Waals surface area contributed by atoms with Crippen LogP contribution in [0, 0.1) is 0 Å². The van der Waals surface area contributed by atoms with Gasteiger partial charge in [0.2, 0.25) is 0 Å². The largest absolute Gasteiger partial charge is 0.481 e. The van der Waals surface area contributed by atoms with E-state index in [2.05, 4.69) is 4.98 Å². The summed E-state index contributed by atoms with van der Waals surface area (Å²) in [5.74, 6) is 0.641. The smallest absolute Gasteiger partial charge is 0.313 e. The van der Waals surface area contributed by atoms with Gasteiger partial charge in [-0.3, -0.25) is 9.00 Å². The highest BCUT2D eigenvalue weighted by molar-refractivity contribution is 7.99. The lowest BCUT2D eigenvalue weighted by molar-refractivity contribution is -0.133. The molecule has 0 aliphatic carbocycles. The van der Waals surface area contributed by atoms with Crippen molar-refractivity contribution in [2.75, 3.05) is 17.3 Å². The summed E-state index contributed by atoms with van der Waals surface area (Å²) < 4.78 is 13.3. The first-order valence-corrected chi connectivity index (χ1v) is 7.86. The second-order valence-corrected chi connectivity index (χ2v) is 6.52. The maximum absolute atomic E-state index is 11.3. The lowest BCUT2D eigenvalue weighted by Gasteiger charge is -2.24. The van der Waals surface area contributed by atoms with Crippen molar-refractivity contribution in [1.29, 1.82) is 0 Å². The van der Waals surface area contributed by atoms with E-state index in [1.165, 1.54) is 11.8 Å². The molecular weight excluding hydrogens is 260 g/mol. The molecule has 0 spiro atoms. The number of aliphatic carboxylic acids is 1. The van der Waals surface area contributed by atoms with Gasteiger partial charge in [-0.25, -0.2) is 4.98 Å². The molecular formula is C10H14N2O3S2. The topological polar surface area (TPSA) is 72.2 Å². The summed E-state index contributed by atoms with van der Waals surface area (Å²) in [6.45, 7) is 0. The molecule has 1 N–H and O–H groups in total. The van der Waals surface area contributed by atoms with Crippen molar-refractivity contribution in [1.82, 2.24) is 9.55 Å². The highest BCUT2D eigenvalue weighted by Gasteiger charge is 2.21. The van der Waals surface area contributed by atoms with Gasteiger partial charge < -0.3 is 9.67 Å². The Hall–Kier alpha value is -0.820. The third kappa shape index (κ3) is 3.32. The summed E-state index contributed by atoms with van der Waals surface area (Å²) in [7, 11) is -0.675. The van der Waals surface area contributed by atoms with Crippen LogP contribution in [0.5, 0.6) is 0 Å². The van der Waals surface area contributed by atoms with Crippen LogP contribution >= 0.6 is 11.8 Å². The van der Waals surface area contributed by atoms with Gasteiger partial charge in [0, 0.05) is 40.7 Å². The Balaban J connectivity index is 2.02. The van der Waals surface area contributed by atoms with Gasteiger partial charge in [0.15, 0.2) is 5.16 Å². The van der Waals surface area contributed by atoms with Gasteiger partial charge in [-0.1, -0.05) is 11.8 Å². The number of hydrogen-bond acceptors (Lipinski definition) is 4. The van der Waals surface area contributed by atoms with Gasteiger partial charge in [0.1, 0.15) is 0 Å². The first-order chi connectivity index (χ1) is 8.16. The molecule has 1 saturated heterocycles. The van der Waals surface area contributed by atoms with E-state index < -0.39 is 16.8 Å². The number of carbonyl (C=O) groups is 1. The minimum absolute atomic E-state index is 0.0235. The van der Waals surface area contributed by atoms with Crippen molar-refractivity contribution >= 4 is 28.5 Å². The number of rotatable bonds is 4. The third-order valence-electron chi connectivity index (χ3n) is 2.71. The van der Waals surface area contributed by atoms with E-state index in [0.29, 0.717) is 6.04 Å². The molecule has 1 aromatic heterocycles. The van der Waals surface area contributed by atoms with Crippen LogP contribution in [0.15, 0.2) is 17.6 Å². The fraction of sp³-hybridized carbons (Fsp3) is 0.600. The lowest BCUT2D eigenvalue weighted by Crippen LogP contribution is -2.21. The van der Waals surface area contributed by atoms with Crippen LogP contribution in [0.1, 0.15) is 18.9 Å². The predicted octanol–water partition coefficient (Wildman–Crippen LogP) is 1.14. The van der Waals surface area contributed by atoms with E-state index in [1.807, 2.05) is 10.8 Å². The quantitative estimate of drug-likeness (QED) is 0.834. The van der Waals surface area contributed by atoms with Gasteiger partial charge in [-0.05, 0) is 12.8 Å². The van der Waals surface area contributed by atoms with Gasteiger partial charge >= 0.3 is 5.97 Å². The second-order valence-electron chi connectivity index (χ2n) is 3.88. The summed E-state index contributed by atoms with van der Waals surface area (Å²) in [4.78, 5) is 14.7. The number of aromatic nitrogens is 2. The molecule has 1 fully saturated rings. The zero-order chi connectivity index (χ0) is 12.3. The molecule has 1 aliphatic rings. The molecule has 0 aromatic carbocycles. The van der Waals surface area contributed by atoms with E-state index in [9.17, 15) is 9.00 Å². The molecule has 0 amide bonds. The average Bonchev–Trinajstić information content (AvgIpc) is 2.75. The normalized spacial score (nSPS) is 24.7. The first kappa shape index (κ1) is 12.6. The molecule has 2 heterocycles. The number of imidazole rings is 1. The van der Waals surface area contributed by atoms with Gasteiger partial charge in [0.05, 0.1) is 5.75 Å². The Morgan fingerprint density at radius 3 is 2.94 bits per heavy atom. The molecule has 17 heavy (non-hydrogen) atoms. The van der Waals surface area contributed by atoms with Gasteiger partial charge in [0.25, 0.3) is 0 Å². The number of carboxylic acids is 1. The van der Waals surface area contributed by atoms with Crippen LogP contribution in [0.4, 0.5) is 0 Å². The maximum atomic E-state index is 11.3. The molecule has 2 rings (SSSR count). The lowest BCUT2D eigenvalue weighted by atomic mass is 10.1. The predicted molar refractivity (Wildman–Crippen MR) is 66.7 cm³/mol. The van der Waals surface area contributed by atoms with E-state index in [4.69, 9.17) is 5.11 Å². The molecule has 0 saturated carbocycles. The number of carboxylic acid groups (broad SMARTS) is 1. The van der Waals surface area contributed by atoms with Crippen molar-refractivity contribution in [2.24, 2.45) is 0 Å². The molecule has 7 heteroatoms. The van der Waals surface area contributed by atoms with Crippen molar-refractivity contribution < 1.29 is 14.1 Å². The molecule has 0 radical (unpaired) electrons. The van der Waals surface area contributed by atoms with Crippen LogP contribution in [0.25, 0.3) is 0 Å². The Bertz CT molecular complexity index is 423. The highest BCUT2D eigenvalue weighted by atomic mass is 32.2. The highest BCUT2D eigenvalue weighted by Crippen LogP contribution is 2.27. The molecule has 0 bridgehead atoms. The van der Waals surface area contributed by atoms with E-state index in [-0.39, 0.29) is 5.75 Å². The van der Waals surface area contributed by atoms with Gasteiger partial charge in [-0.2, -0.15) is 0 Å². The zero-order valence-electron chi connectivity index (χ0n) is 9.24. The van der Waals surface area contributed by atoms with E-state index in [1.54, 1.807) is 6.20 Å². The molecule has 1 aliphatic heterocycles. The summed E-state index contributed by atoms with van der Waals surface area (Å²) in [6.07, 6.45) is 5.33. The summed E-state index contributed by atoms with van der Waals surface area (Å²) in [5.41, 5.74) is 0. The van der Waals surface area contributed by atoms with Crippen LogP contribution in [0.2, 0.25) is 0 Å². The minimum atomic E-state index is -0.839. The van der Waals surface area contributed by atoms with Crippen LogP contribution in [0.3, 0.4) is 0 Å². The molecule has 0 unspecified atom stereocenters. The molecule has 94 valence electrons. The van der Waals surface area contributed by atoms with Crippen LogP contribution in [-0.4, -0.2) is 42.1 Å². The standard InChI is InChI=1S/C10H14N2O3S2/c13-9(14)7-16-10-11-3-4-12(10)8-1-5-17(15)6-2-8/h3-4,8H,1-2,5-7H2,(H,13,14). The average molecular weight is 274 g/mol. The van der Waals surface area contributed by atoms with Crippen molar-refractivity contribution in [3.8, 4) is 0 Å². The SMILES string of the molecule is O=C(O)CSc1nccn1C1CCS(=O)CC1. The van der Waals surface area contributed by atoms with Gasteiger partial charge in [-0.15, -0.1) is 0 Å². The van der Waals surface area contributed by atoms with Crippen molar-refractivity contribution in [3.63, 3.8) is 0 Å². The van der Waals surface area contributed by atoms with Crippen LogP contribution in [-0.2, 0) is 15.6 Å². The molecule has 5 nitrogen and oxygen atoms in total. The fourth-order valence-electron chi connectivity index (χ4n) is 1.87. The Morgan fingerprint density at radius 2 is 2.29 bits per heavy atom. The zero-order valence-corrected chi connectivity index (χ0v) is 10.9. The minimum Gasteiger partial charge on any atom is -0.481 e. The summed E-state index contributed by atoms with van der Waals surface area (Å²) in [6, 6.07) is 0.312. The fourth-order valence-corrected chi connectivity index (χ4v) is 3.90. The number of nitrogens with zero attached hydrogens (tertiary/aromatic N) is 2. The molecule has 0 atom stereocenters. The number of hydrogen-bond donors (Lipinski definition) is 1. The monoisotopic (exact) mass is 274 g/mol. The summed E-state index contributed by atoms with van der Waals surface area (Å²) in [5, 5.41) is 9.39. The molecule has 1 aromatic rings. The van der Waals surface area contributed by atoms with Crippen molar-refractivity contribution in [2.45, 2.75) is 24.0 Å². The first-order valence-electron chi connectivity index (χ1n) is 5.39. The van der Waals surface area contributed by atoms with E-state index in [0.717, 1.165) is 29.5 Å². The number of thioether (sulfide) groups is 1. The third-order valence-corrected chi connectivity index (χ3v) is 5.06. The van der Waals surface area contributed by atoms with Crippen LogP contribution < -0.4 is 0 Å². The second kappa shape index (κ2) is 5.68. The Kier molecular flexibility index (Phi) is 4.22. The van der Waals surface area contributed by atoms with Crippen molar-refractivity contribution in [3.05, 3.63) is 12.4 Å². The van der Waals surface area contributed by atoms with E-state index >= 15 is 0 Å². The Morgan fingerprint density at radius 1 is 1.59 bits per heavy atom.